The minimum Gasteiger partial charge on any atom is -0.299 e. The molecule has 2 fully saturated rings. The van der Waals surface area contributed by atoms with Crippen molar-refractivity contribution >= 4 is 0 Å². The van der Waals surface area contributed by atoms with E-state index >= 15 is 0 Å². The van der Waals surface area contributed by atoms with Gasteiger partial charge in [-0.15, -0.1) is 6.58 Å². The molecule has 0 bridgehead atoms. The number of quaternary nitrogens is 1. The van der Waals surface area contributed by atoms with Crippen LogP contribution in [0.1, 0.15) is 53.4 Å². The fourth-order valence-electron chi connectivity index (χ4n) is 4.33. The predicted octanol–water partition coefficient (Wildman–Crippen LogP) is 4.24. The van der Waals surface area contributed by atoms with Gasteiger partial charge in [-0.05, 0) is 37.5 Å². The Balaban J connectivity index is 1.93. The highest BCUT2D eigenvalue weighted by atomic mass is 15.7. The maximum Gasteiger partial charge on any atom is 0.198 e. The van der Waals surface area contributed by atoms with Crippen LogP contribution in [0.4, 0.5) is 0 Å². The molecule has 18 heavy (non-hydrogen) atoms. The van der Waals surface area contributed by atoms with Crippen LogP contribution in [0.15, 0.2) is 12.7 Å². The molecule has 2 saturated heterocycles. The molecular weight excluding hydrogens is 218 g/mol. The van der Waals surface area contributed by atoms with Crippen molar-refractivity contribution in [1.29, 1.82) is 0 Å². The average molecular weight is 250 g/mol. The van der Waals surface area contributed by atoms with E-state index in [1.54, 1.807) is 0 Å². The van der Waals surface area contributed by atoms with Gasteiger partial charge >= 0.3 is 0 Å². The van der Waals surface area contributed by atoms with Crippen LogP contribution in [0.2, 0.25) is 0 Å². The standard InChI is InChI=1S/C17H32N/c1-6-9-10-15(7-2)16(14(4)5)11-17-12-18(17,8-3)13-17/h6,14-16H,1,7-13H2,2-5H3/q+1. The second-order valence-electron chi connectivity index (χ2n) is 7.15. The molecule has 0 N–H and O–H groups in total. The first-order valence-corrected chi connectivity index (χ1v) is 8.01. The van der Waals surface area contributed by atoms with Gasteiger partial charge in [0.15, 0.2) is 5.54 Å². The number of hydrogen-bond donors (Lipinski definition) is 0. The minimum atomic E-state index is 0.755. The van der Waals surface area contributed by atoms with E-state index in [0.717, 1.165) is 23.3 Å². The molecule has 0 amide bonds. The van der Waals surface area contributed by atoms with E-state index in [9.17, 15) is 0 Å². The van der Waals surface area contributed by atoms with Crippen molar-refractivity contribution in [1.82, 2.24) is 0 Å². The van der Waals surface area contributed by atoms with Gasteiger partial charge in [0, 0.05) is 6.42 Å². The molecular formula is C17H32N+. The summed E-state index contributed by atoms with van der Waals surface area (Å²) in [5.74, 6) is 2.69. The number of hydrogen-bond acceptors (Lipinski definition) is 0. The Kier molecular flexibility index (Phi) is 3.92. The molecule has 0 aromatic carbocycles. The second-order valence-corrected chi connectivity index (χ2v) is 7.15. The molecule has 0 aliphatic carbocycles. The molecule has 2 aliphatic rings. The number of likely N-dealkylation sites (N-methyl/N-ethyl adjacent to an activating group) is 1. The molecule has 2 aliphatic heterocycles. The molecule has 0 saturated carbocycles. The first kappa shape index (κ1) is 14.1. The molecule has 2 heterocycles. The molecule has 0 aromatic rings. The molecule has 2 atom stereocenters. The molecule has 0 radical (unpaired) electrons. The largest absolute Gasteiger partial charge is 0.299 e. The van der Waals surface area contributed by atoms with Crippen LogP contribution < -0.4 is 0 Å². The molecule has 0 spiro atoms. The van der Waals surface area contributed by atoms with Crippen LogP contribution in [0, 0.1) is 17.8 Å². The van der Waals surface area contributed by atoms with Gasteiger partial charge in [-0.1, -0.05) is 33.3 Å². The maximum atomic E-state index is 3.89. The van der Waals surface area contributed by atoms with E-state index < -0.39 is 0 Å². The zero-order valence-electron chi connectivity index (χ0n) is 12.9. The fraction of sp³-hybridized carbons (Fsp3) is 0.882. The summed E-state index contributed by atoms with van der Waals surface area (Å²) in [5, 5.41) is 0. The van der Waals surface area contributed by atoms with E-state index in [1.807, 2.05) is 0 Å². The Morgan fingerprint density at radius 1 is 1.28 bits per heavy atom. The van der Waals surface area contributed by atoms with Gasteiger partial charge < -0.3 is 0 Å². The van der Waals surface area contributed by atoms with Crippen molar-refractivity contribution < 1.29 is 4.48 Å². The summed E-state index contributed by atoms with van der Waals surface area (Å²) in [7, 11) is 0. The maximum absolute atomic E-state index is 3.89. The summed E-state index contributed by atoms with van der Waals surface area (Å²) in [6.07, 6.45) is 7.49. The SMILES string of the molecule is C=CCCC(CC)C(CC12C[N+]1(CC)C2)C(C)C. The average Bonchev–Trinajstić information content (AvgIpc) is 3.14. The van der Waals surface area contributed by atoms with Crippen molar-refractivity contribution in [3.63, 3.8) is 0 Å². The zero-order valence-corrected chi connectivity index (χ0v) is 12.9. The van der Waals surface area contributed by atoms with Crippen LogP contribution in [0.3, 0.4) is 0 Å². The topological polar surface area (TPSA) is 0 Å². The summed E-state index contributed by atoms with van der Waals surface area (Å²) in [6, 6.07) is 0. The van der Waals surface area contributed by atoms with Crippen molar-refractivity contribution in [3.05, 3.63) is 12.7 Å². The number of nitrogens with zero attached hydrogens (tertiary/aromatic N) is 1. The van der Waals surface area contributed by atoms with Crippen LogP contribution in [-0.2, 0) is 0 Å². The third-order valence-electron chi connectivity index (χ3n) is 5.94. The third-order valence-corrected chi connectivity index (χ3v) is 5.94. The molecule has 2 unspecified atom stereocenters. The Labute approximate surface area is 114 Å². The van der Waals surface area contributed by atoms with Gasteiger partial charge in [-0.25, -0.2) is 0 Å². The number of rotatable bonds is 9. The molecule has 1 heteroatoms. The van der Waals surface area contributed by atoms with E-state index in [0.29, 0.717) is 0 Å². The number of fused-ring (bicyclic) bond motifs is 1. The van der Waals surface area contributed by atoms with Gasteiger partial charge in [0.2, 0.25) is 0 Å². The Bertz CT molecular complexity index is 299. The van der Waals surface area contributed by atoms with Crippen LogP contribution in [0.5, 0.6) is 0 Å². The summed E-state index contributed by atoms with van der Waals surface area (Å²) < 4.78 is 1.47. The van der Waals surface area contributed by atoms with Crippen molar-refractivity contribution in [2.24, 2.45) is 17.8 Å². The number of allylic oxidation sites excluding steroid dienone is 1. The Morgan fingerprint density at radius 3 is 2.33 bits per heavy atom. The van der Waals surface area contributed by atoms with Gasteiger partial charge in [0.05, 0.1) is 6.54 Å². The Morgan fingerprint density at radius 2 is 1.94 bits per heavy atom. The molecule has 1 nitrogen and oxygen atoms in total. The highest BCUT2D eigenvalue weighted by Crippen LogP contribution is 2.63. The highest BCUT2D eigenvalue weighted by molar-refractivity contribution is 5.10. The molecule has 2 rings (SSSR count). The van der Waals surface area contributed by atoms with Crippen LogP contribution in [-0.4, -0.2) is 29.7 Å². The van der Waals surface area contributed by atoms with E-state index in [2.05, 4.69) is 40.3 Å². The van der Waals surface area contributed by atoms with Crippen molar-refractivity contribution in [2.75, 3.05) is 19.6 Å². The second kappa shape index (κ2) is 5.00. The first-order valence-electron chi connectivity index (χ1n) is 8.01. The lowest BCUT2D eigenvalue weighted by molar-refractivity contribution is -0.706. The predicted molar refractivity (Wildman–Crippen MR) is 79.4 cm³/mol. The summed E-state index contributed by atoms with van der Waals surface area (Å²) in [6.45, 7) is 17.9. The quantitative estimate of drug-likeness (QED) is 0.326. The third kappa shape index (κ3) is 2.27. The smallest absolute Gasteiger partial charge is 0.198 e. The van der Waals surface area contributed by atoms with Crippen LogP contribution >= 0.6 is 0 Å². The van der Waals surface area contributed by atoms with Gasteiger partial charge in [-0.2, -0.15) is 0 Å². The van der Waals surface area contributed by atoms with Gasteiger partial charge in [-0.3, -0.25) is 4.48 Å². The highest BCUT2D eigenvalue weighted by Gasteiger charge is 2.86. The summed E-state index contributed by atoms with van der Waals surface area (Å²) in [5.41, 5.74) is 0.755. The van der Waals surface area contributed by atoms with E-state index in [-0.39, 0.29) is 0 Å². The van der Waals surface area contributed by atoms with E-state index in [1.165, 1.54) is 49.8 Å². The lowest BCUT2D eigenvalue weighted by Gasteiger charge is -2.29. The van der Waals surface area contributed by atoms with Gasteiger partial charge in [0.25, 0.3) is 0 Å². The fourth-order valence-corrected chi connectivity index (χ4v) is 4.33. The normalized spacial score (nSPS) is 36.1. The van der Waals surface area contributed by atoms with Gasteiger partial charge in [0.1, 0.15) is 13.1 Å². The monoisotopic (exact) mass is 250 g/mol. The van der Waals surface area contributed by atoms with Crippen LogP contribution in [0.25, 0.3) is 0 Å². The summed E-state index contributed by atoms with van der Waals surface area (Å²) >= 11 is 0. The zero-order chi connectivity index (χ0) is 13.4. The van der Waals surface area contributed by atoms with E-state index in [4.69, 9.17) is 0 Å². The minimum absolute atomic E-state index is 0.755. The first-order chi connectivity index (χ1) is 8.54. The van der Waals surface area contributed by atoms with Crippen molar-refractivity contribution in [3.8, 4) is 0 Å². The molecule has 0 aromatic heterocycles. The lowest BCUT2D eigenvalue weighted by atomic mass is 9.75. The lowest BCUT2D eigenvalue weighted by Crippen LogP contribution is -2.24. The summed E-state index contributed by atoms with van der Waals surface area (Å²) in [4.78, 5) is 0. The van der Waals surface area contributed by atoms with Crippen molar-refractivity contribution in [2.45, 2.75) is 58.9 Å². The molecule has 104 valence electrons. The Hall–Kier alpha value is -0.300.